The van der Waals surface area contributed by atoms with Crippen LogP contribution in [0, 0.1) is 6.92 Å². The Bertz CT molecular complexity index is 352. The van der Waals surface area contributed by atoms with E-state index in [2.05, 4.69) is 30.1 Å². The first kappa shape index (κ1) is 13.5. The highest BCUT2D eigenvalue weighted by molar-refractivity contribution is 7.98. The van der Waals surface area contributed by atoms with Crippen LogP contribution in [0.15, 0.2) is 0 Å². The van der Waals surface area contributed by atoms with Crippen molar-refractivity contribution in [3.8, 4) is 0 Å². The molecule has 16 heavy (non-hydrogen) atoms. The summed E-state index contributed by atoms with van der Waals surface area (Å²) in [4.78, 5) is 18.1. The zero-order valence-electron chi connectivity index (χ0n) is 10.2. The maximum atomic E-state index is 10.8. The van der Waals surface area contributed by atoms with Gasteiger partial charge in [-0.15, -0.1) is 0 Å². The van der Waals surface area contributed by atoms with Crippen LogP contribution in [0.5, 0.6) is 0 Å². The van der Waals surface area contributed by atoms with Crippen LogP contribution in [-0.4, -0.2) is 36.4 Å². The highest BCUT2D eigenvalue weighted by atomic mass is 32.2. The number of aromatic nitrogens is 1. The van der Waals surface area contributed by atoms with Crippen LogP contribution < -0.4 is 4.90 Å². The molecule has 0 aliphatic heterocycles. The van der Waals surface area contributed by atoms with Gasteiger partial charge in [0.1, 0.15) is 0 Å². The summed E-state index contributed by atoms with van der Waals surface area (Å²) in [5, 5.41) is 0.945. The summed E-state index contributed by atoms with van der Waals surface area (Å²) in [6.07, 6.45) is 4.09. The monoisotopic (exact) mass is 258 g/mol. The zero-order valence-corrected chi connectivity index (χ0v) is 11.8. The van der Waals surface area contributed by atoms with Gasteiger partial charge >= 0.3 is 0 Å². The summed E-state index contributed by atoms with van der Waals surface area (Å²) in [7, 11) is 2.05. The molecular weight excluding hydrogens is 240 g/mol. The van der Waals surface area contributed by atoms with E-state index in [4.69, 9.17) is 0 Å². The second-order valence-corrected chi connectivity index (χ2v) is 5.61. The maximum absolute atomic E-state index is 10.8. The summed E-state index contributed by atoms with van der Waals surface area (Å²) in [5.41, 5.74) is 0.834. The molecule has 0 fully saturated rings. The van der Waals surface area contributed by atoms with Gasteiger partial charge in [-0.05, 0) is 19.6 Å². The normalized spacial score (nSPS) is 12.5. The van der Waals surface area contributed by atoms with Gasteiger partial charge in [0, 0.05) is 18.8 Å². The zero-order chi connectivity index (χ0) is 12.1. The summed E-state index contributed by atoms with van der Waals surface area (Å²) >= 11 is 3.31. The van der Waals surface area contributed by atoms with E-state index in [0.717, 1.165) is 34.2 Å². The number of hydrogen-bond donors (Lipinski definition) is 0. The van der Waals surface area contributed by atoms with Crippen LogP contribution in [0.3, 0.4) is 0 Å². The van der Waals surface area contributed by atoms with Gasteiger partial charge in [-0.3, -0.25) is 4.79 Å². The fraction of sp³-hybridized carbons (Fsp3) is 0.636. The number of rotatable bonds is 6. The number of thiazole rings is 1. The van der Waals surface area contributed by atoms with Crippen molar-refractivity contribution in [1.82, 2.24) is 4.98 Å². The molecule has 0 aromatic carbocycles. The topological polar surface area (TPSA) is 33.2 Å². The van der Waals surface area contributed by atoms with Gasteiger partial charge in [-0.25, -0.2) is 4.98 Å². The summed E-state index contributed by atoms with van der Waals surface area (Å²) in [6.45, 7) is 4.06. The molecule has 0 aliphatic rings. The average molecular weight is 258 g/mol. The summed E-state index contributed by atoms with van der Waals surface area (Å²) in [6, 6.07) is 0.486. The predicted octanol–water partition coefficient (Wildman–Crippen LogP) is 2.84. The maximum Gasteiger partial charge on any atom is 0.186 e. The number of hydrogen-bond acceptors (Lipinski definition) is 5. The molecule has 0 saturated heterocycles. The number of anilines is 1. The Morgan fingerprint density at radius 3 is 2.75 bits per heavy atom. The lowest BCUT2D eigenvalue weighted by molar-refractivity contribution is 0.112. The third-order valence-corrected chi connectivity index (χ3v) is 4.50. The van der Waals surface area contributed by atoms with E-state index in [1.165, 1.54) is 11.3 Å². The van der Waals surface area contributed by atoms with E-state index in [1.807, 2.05) is 18.7 Å². The highest BCUT2D eigenvalue weighted by Crippen LogP contribution is 2.26. The minimum absolute atomic E-state index is 0.486. The van der Waals surface area contributed by atoms with E-state index in [-0.39, 0.29) is 0 Å². The molecule has 0 radical (unpaired) electrons. The minimum atomic E-state index is 0.486. The van der Waals surface area contributed by atoms with Crippen molar-refractivity contribution in [3.05, 3.63) is 10.6 Å². The quantitative estimate of drug-likeness (QED) is 0.735. The number of thioether (sulfide) groups is 1. The molecule has 0 aliphatic carbocycles. The minimum Gasteiger partial charge on any atom is -0.347 e. The van der Waals surface area contributed by atoms with Crippen molar-refractivity contribution in [2.75, 3.05) is 24.0 Å². The lowest BCUT2D eigenvalue weighted by Gasteiger charge is -2.26. The van der Waals surface area contributed by atoms with E-state index < -0.39 is 0 Å². The van der Waals surface area contributed by atoms with E-state index in [9.17, 15) is 4.79 Å². The van der Waals surface area contributed by atoms with E-state index >= 15 is 0 Å². The van der Waals surface area contributed by atoms with Crippen LogP contribution in [-0.2, 0) is 0 Å². The van der Waals surface area contributed by atoms with E-state index in [1.54, 1.807) is 0 Å². The van der Waals surface area contributed by atoms with Gasteiger partial charge in [-0.2, -0.15) is 11.8 Å². The van der Waals surface area contributed by atoms with Crippen LogP contribution in [0.25, 0.3) is 0 Å². The van der Waals surface area contributed by atoms with Gasteiger partial charge in [-0.1, -0.05) is 18.3 Å². The van der Waals surface area contributed by atoms with Crippen LogP contribution in [0.1, 0.15) is 28.7 Å². The third kappa shape index (κ3) is 2.98. The summed E-state index contributed by atoms with van der Waals surface area (Å²) < 4.78 is 0. The Morgan fingerprint density at radius 2 is 2.31 bits per heavy atom. The lowest BCUT2D eigenvalue weighted by Crippen LogP contribution is -2.32. The molecule has 0 amide bonds. The SMILES string of the molecule is CCC(CSC)N(C)c1nc(C)c(C=O)s1. The Hall–Kier alpha value is -0.550. The third-order valence-electron chi connectivity index (χ3n) is 2.61. The first-order valence-corrected chi connectivity index (χ1v) is 7.49. The molecule has 0 bridgehead atoms. The molecule has 1 unspecified atom stereocenters. The molecular formula is C11H18N2OS2. The Labute approximate surface area is 105 Å². The molecule has 0 spiro atoms. The summed E-state index contributed by atoms with van der Waals surface area (Å²) in [5.74, 6) is 1.09. The number of aryl methyl sites for hydroxylation is 1. The lowest BCUT2D eigenvalue weighted by atomic mass is 10.2. The number of aldehydes is 1. The van der Waals surface area contributed by atoms with E-state index in [0.29, 0.717) is 6.04 Å². The molecule has 0 saturated carbocycles. The molecule has 1 aromatic rings. The molecule has 5 heteroatoms. The first-order valence-electron chi connectivity index (χ1n) is 5.28. The van der Waals surface area contributed by atoms with Gasteiger partial charge < -0.3 is 4.90 Å². The van der Waals surface area contributed by atoms with Crippen molar-refractivity contribution < 1.29 is 4.79 Å². The molecule has 0 N–H and O–H groups in total. The van der Waals surface area contributed by atoms with Gasteiger partial charge in [0.2, 0.25) is 0 Å². The largest absolute Gasteiger partial charge is 0.347 e. The first-order chi connectivity index (χ1) is 7.63. The Kier molecular flexibility index (Phi) is 5.28. The van der Waals surface area contributed by atoms with Crippen LogP contribution in [0.4, 0.5) is 5.13 Å². The Morgan fingerprint density at radius 1 is 1.62 bits per heavy atom. The number of carbonyl (C=O) groups is 1. The van der Waals surface area contributed by atoms with Gasteiger partial charge in [0.15, 0.2) is 11.4 Å². The molecule has 1 aromatic heterocycles. The molecule has 3 nitrogen and oxygen atoms in total. The second kappa shape index (κ2) is 6.25. The molecule has 1 atom stereocenters. The average Bonchev–Trinajstić information content (AvgIpc) is 2.66. The van der Waals surface area contributed by atoms with Crippen molar-refractivity contribution >= 4 is 34.5 Å². The number of nitrogens with zero attached hydrogens (tertiary/aromatic N) is 2. The Balaban J connectivity index is 2.85. The fourth-order valence-corrected chi connectivity index (χ4v) is 3.26. The van der Waals surface area contributed by atoms with Crippen LogP contribution in [0.2, 0.25) is 0 Å². The molecule has 90 valence electrons. The number of carbonyl (C=O) groups excluding carboxylic acids is 1. The highest BCUT2D eigenvalue weighted by Gasteiger charge is 2.17. The van der Waals surface area contributed by atoms with Crippen molar-refractivity contribution in [3.63, 3.8) is 0 Å². The fourth-order valence-electron chi connectivity index (χ4n) is 1.51. The van der Waals surface area contributed by atoms with Gasteiger partial charge in [0.25, 0.3) is 0 Å². The molecule has 1 rings (SSSR count). The molecule has 1 heterocycles. The van der Waals surface area contributed by atoms with Crippen molar-refractivity contribution in [1.29, 1.82) is 0 Å². The predicted molar refractivity (Wildman–Crippen MR) is 73.1 cm³/mol. The van der Waals surface area contributed by atoms with Crippen molar-refractivity contribution in [2.45, 2.75) is 26.3 Å². The standard InChI is InChI=1S/C11H18N2OS2/c1-5-9(7-15-4)13(3)11-12-8(2)10(6-14)16-11/h6,9H,5,7H2,1-4H3. The van der Waals surface area contributed by atoms with Crippen molar-refractivity contribution in [2.24, 2.45) is 0 Å². The smallest absolute Gasteiger partial charge is 0.186 e. The van der Waals surface area contributed by atoms with Gasteiger partial charge in [0.05, 0.1) is 10.6 Å². The van der Waals surface area contributed by atoms with Crippen LogP contribution >= 0.6 is 23.1 Å². The second-order valence-electron chi connectivity index (χ2n) is 3.69.